The van der Waals surface area contributed by atoms with E-state index >= 15 is 0 Å². The zero-order valence-corrected chi connectivity index (χ0v) is 12.9. The number of rotatable bonds is 9. The van der Waals surface area contributed by atoms with E-state index in [1.54, 1.807) is 0 Å². The molecule has 2 N–H and O–H groups in total. The summed E-state index contributed by atoms with van der Waals surface area (Å²) in [5.74, 6) is -1.78. The van der Waals surface area contributed by atoms with Crippen LogP contribution in [0.3, 0.4) is 0 Å². The molecule has 1 aromatic rings. The van der Waals surface area contributed by atoms with Gasteiger partial charge in [-0.15, -0.1) is 0 Å². The van der Waals surface area contributed by atoms with Crippen molar-refractivity contribution in [2.24, 2.45) is 0 Å². The lowest BCUT2D eigenvalue weighted by Gasteiger charge is -2.14. The molecular weight excluding hydrogens is 331 g/mol. The van der Waals surface area contributed by atoms with E-state index in [1.165, 1.54) is 31.4 Å². The van der Waals surface area contributed by atoms with Crippen molar-refractivity contribution in [1.29, 1.82) is 0 Å². The third-order valence-corrected chi connectivity index (χ3v) is 2.91. The normalized spacial score (nSPS) is 12.5. The van der Waals surface area contributed by atoms with Gasteiger partial charge in [-0.25, -0.2) is 4.79 Å². The number of hydrogen-bond donors (Lipinski definition) is 2. The maximum atomic E-state index is 12.1. The van der Waals surface area contributed by atoms with E-state index in [2.05, 4.69) is 10.1 Å². The SMILES string of the molecule is COCCC(NC(=O)Cc1cccc(OCC(F)(F)F)c1)C(=O)O. The number of halogens is 3. The highest BCUT2D eigenvalue weighted by atomic mass is 19.4. The lowest BCUT2D eigenvalue weighted by atomic mass is 10.1. The minimum Gasteiger partial charge on any atom is -0.484 e. The van der Waals surface area contributed by atoms with E-state index < -0.39 is 30.7 Å². The van der Waals surface area contributed by atoms with Crippen molar-refractivity contribution >= 4 is 11.9 Å². The van der Waals surface area contributed by atoms with Crippen molar-refractivity contribution in [3.8, 4) is 5.75 Å². The first-order valence-corrected chi connectivity index (χ1v) is 7.01. The molecule has 0 aliphatic rings. The van der Waals surface area contributed by atoms with Crippen LogP contribution in [0, 0.1) is 0 Å². The number of nitrogens with one attached hydrogen (secondary N) is 1. The van der Waals surface area contributed by atoms with Gasteiger partial charge in [0.2, 0.25) is 5.91 Å². The predicted molar refractivity (Wildman–Crippen MR) is 77.8 cm³/mol. The summed E-state index contributed by atoms with van der Waals surface area (Å²) < 4.78 is 45.7. The Bertz CT molecular complexity index is 562. The molecule has 6 nitrogen and oxygen atoms in total. The molecule has 134 valence electrons. The second kappa shape index (κ2) is 9.11. The lowest BCUT2D eigenvalue weighted by Crippen LogP contribution is -2.42. The van der Waals surface area contributed by atoms with Crippen LogP contribution in [0.15, 0.2) is 24.3 Å². The summed E-state index contributed by atoms with van der Waals surface area (Å²) in [6, 6.07) is 4.53. The first kappa shape index (κ1) is 19.8. The van der Waals surface area contributed by atoms with Crippen LogP contribution in [0.4, 0.5) is 13.2 Å². The van der Waals surface area contributed by atoms with E-state index in [1.807, 2.05) is 0 Å². The fourth-order valence-electron chi connectivity index (χ4n) is 1.83. The molecule has 1 aromatic carbocycles. The molecule has 1 rings (SSSR count). The van der Waals surface area contributed by atoms with E-state index in [0.717, 1.165) is 0 Å². The highest BCUT2D eigenvalue weighted by Gasteiger charge is 2.28. The van der Waals surface area contributed by atoms with E-state index in [-0.39, 0.29) is 25.2 Å². The summed E-state index contributed by atoms with van der Waals surface area (Å²) in [7, 11) is 1.41. The number of hydrogen-bond acceptors (Lipinski definition) is 4. The number of aliphatic carboxylic acids is 1. The van der Waals surface area contributed by atoms with Gasteiger partial charge in [-0.05, 0) is 17.7 Å². The monoisotopic (exact) mass is 349 g/mol. The largest absolute Gasteiger partial charge is 0.484 e. The zero-order chi connectivity index (χ0) is 18.2. The number of carbonyl (C=O) groups excluding carboxylic acids is 1. The quantitative estimate of drug-likeness (QED) is 0.710. The lowest BCUT2D eigenvalue weighted by molar-refractivity contribution is -0.153. The van der Waals surface area contributed by atoms with E-state index in [9.17, 15) is 22.8 Å². The van der Waals surface area contributed by atoms with Gasteiger partial charge in [-0.2, -0.15) is 13.2 Å². The van der Waals surface area contributed by atoms with Gasteiger partial charge >= 0.3 is 12.1 Å². The highest BCUT2D eigenvalue weighted by Crippen LogP contribution is 2.19. The first-order valence-electron chi connectivity index (χ1n) is 7.01. The Kier molecular flexibility index (Phi) is 7.50. The third kappa shape index (κ3) is 7.82. The maximum Gasteiger partial charge on any atom is 0.422 e. The molecule has 1 amide bonds. The van der Waals surface area contributed by atoms with Crippen LogP contribution in [0.1, 0.15) is 12.0 Å². The number of carbonyl (C=O) groups is 2. The van der Waals surface area contributed by atoms with Crippen LogP contribution < -0.4 is 10.1 Å². The summed E-state index contributed by atoms with van der Waals surface area (Å²) in [6.07, 6.45) is -4.53. The van der Waals surface area contributed by atoms with Gasteiger partial charge in [0, 0.05) is 20.1 Å². The van der Waals surface area contributed by atoms with Crippen LogP contribution >= 0.6 is 0 Å². The zero-order valence-electron chi connectivity index (χ0n) is 12.9. The van der Waals surface area contributed by atoms with Crippen molar-refractivity contribution in [1.82, 2.24) is 5.32 Å². The van der Waals surface area contributed by atoms with Crippen molar-refractivity contribution in [2.45, 2.75) is 25.1 Å². The van der Waals surface area contributed by atoms with Crippen molar-refractivity contribution < 1.29 is 37.3 Å². The Morgan fingerprint density at radius 2 is 2.04 bits per heavy atom. The summed E-state index contributed by atoms with van der Waals surface area (Å²) in [5.41, 5.74) is 0.406. The standard InChI is InChI=1S/C15H18F3NO5/c1-23-6-5-12(14(21)22)19-13(20)8-10-3-2-4-11(7-10)24-9-15(16,17)18/h2-4,7,12H,5-6,8-9H2,1H3,(H,19,20)(H,21,22). The molecule has 0 heterocycles. The second-order valence-corrected chi connectivity index (χ2v) is 4.97. The summed E-state index contributed by atoms with van der Waals surface area (Å²) in [5, 5.41) is 11.3. The molecule has 0 aliphatic carbocycles. The molecule has 0 fully saturated rings. The fraction of sp³-hybridized carbons (Fsp3) is 0.467. The van der Waals surface area contributed by atoms with Gasteiger partial charge in [0.15, 0.2) is 6.61 Å². The van der Waals surface area contributed by atoms with Crippen LogP contribution in [0.5, 0.6) is 5.75 Å². The molecule has 0 bridgehead atoms. The number of benzene rings is 1. The molecule has 0 radical (unpaired) electrons. The Hall–Kier alpha value is -2.29. The molecule has 1 unspecified atom stereocenters. The first-order chi connectivity index (χ1) is 11.2. The van der Waals surface area contributed by atoms with Gasteiger partial charge in [-0.1, -0.05) is 12.1 Å². The Morgan fingerprint density at radius 3 is 2.62 bits per heavy atom. The van der Waals surface area contributed by atoms with Gasteiger partial charge in [0.25, 0.3) is 0 Å². The van der Waals surface area contributed by atoms with Gasteiger partial charge in [-0.3, -0.25) is 4.79 Å². The van der Waals surface area contributed by atoms with E-state index in [0.29, 0.717) is 5.56 Å². The smallest absolute Gasteiger partial charge is 0.422 e. The summed E-state index contributed by atoms with van der Waals surface area (Å²) >= 11 is 0. The predicted octanol–water partition coefficient (Wildman–Crippen LogP) is 1.78. The van der Waals surface area contributed by atoms with E-state index in [4.69, 9.17) is 9.84 Å². The number of methoxy groups -OCH3 is 1. The summed E-state index contributed by atoms with van der Waals surface area (Å²) in [4.78, 5) is 22.9. The molecular formula is C15H18F3NO5. The average molecular weight is 349 g/mol. The maximum absolute atomic E-state index is 12.1. The Labute approximate surface area is 136 Å². The number of amides is 1. The van der Waals surface area contributed by atoms with Crippen molar-refractivity contribution in [2.75, 3.05) is 20.3 Å². The van der Waals surface area contributed by atoms with Crippen molar-refractivity contribution in [3.05, 3.63) is 29.8 Å². The average Bonchev–Trinajstić information content (AvgIpc) is 2.49. The topological polar surface area (TPSA) is 84.9 Å². The molecule has 0 spiro atoms. The molecule has 0 aromatic heterocycles. The second-order valence-electron chi connectivity index (χ2n) is 4.97. The Morgan fingerprint density at radius 1 is 1.33 bits per heavy atom. The van der Waals surface area contributed by atoms with Crippen molar-refractivity contribution in [3.63, 3.8) is 0 Å². The number of ether oxygens (including phenoxy) is 2. The molecule has 1 atom stereocenters. The van der Waals surface area contributed by atoms with Crippen LogP contribution in [-0.4, -0.2) is 49.5 Å². The molecule has 0 saturated heterocycles. The highest BCUT2D eigenvalue weighted by molar-refractivity contribution is 5.84. The number of alkyl halides is 3. The Balaban J connectivity index is 2.61. The fourth-order valence-corrected chi connectivity index (χ4v) is 1.83. The van der Waals surface area contributed by atoms with Gasteiger partial charge in [0.1, 0.15) is 11.8 Å². The van der Waals surface area contributed by atoms with Crippen LogP contribution in [0.25, 0.3) is 0 Å². The van der Waals surface area contributed by atoms with Gasteiger partial charge < -0.3 is 19.9 Å². The molecule has 9 heteroatoms. The third-order valence-electron chi connectivity index (χ3n) is 2.91. The molecule has 24 heavy (non-hydrogen) atoms. The number of carboxylic acids is 1. The minimum atomic E-state index is -4.45. The molecule has 0 aliphatic heterocycles. The minimum absolute atomic E-state index is 0.0215. The number of carboxylic acid groups (broad SMARTS) is 1. The van der Waals surface area contributed by atoms with Crippen LogP contribution in [-0.2, 0) is 20.7 Å². The van der Waals surface area contributed by atoms with Gasteiger partial charge in [0.05, 0.1) is 6.42 Å². The van der Waals surface area contributed by atoms with Crippen LogP contribution in [0.2, 0.25) is 0 Å². The summed E-state index contributed by atoms with van der Waals surface area (Å²) in [6.45, 7) is -1.27. The molecule has 0 saturated carbocycles.